The molecule has 19 heavy (non-hydrogen) atoms. The van der Waals surface area contributed by atoms with Crippen molar-refractivity contribution < 1.29 is 24.1 Å². The molecular formula is C14H24O5. The molecule has 3 rings (SSSR count). The lowest BCUT2D eigenvalue weighted by molar-refractivity contribution is -0.176. The summed E-state index contributed by atoms with van der Waals surface area (Å²) in [4.78, 5) is 0. The first-order chi connectivity index (χ1) is 8.69. The lowest BCUT2D eigenvalue weighted by atomic mass is 9.78. The van der Waals surface area contributed by atoms with Crippen LogP contribution in [0.4, 0.5) is 0 Å². The van der Waals surface area contributed by atoms with Crippen LogP contribution in [0.1, 0.15) is 41.0 Å². The lowest BCUT2D eigenvalue weighted by Crippen LogP contribution is -2.53. The standard InChI is InChI=1S/C14H24O5/c1-7(15)8-6-9-11(18-13(2,3)16-9)12-10(8)17-14(4,5)19-12/h7-12,15H,6H2,1-5H3/t7-,8+,9?,10-,11-,12?/m1/s1. The molecule has 0 aromatic heterocycles. The SMILES string of the molecule is C[C@@H](O)[C@@H]1CC2OC(C)(C)O[C@H]2C2OC(C)(C)O[C@@H]21. The molecule has 6 atom stereocenters. The number of ether oxygens (including phenoxy) is 4. The highest BCUT2D eigenvalue weighted by molar-refractivity contribution is 5.04. The summed E-state index contributed by atoms with van der Waals surface area (Å²) in [5.41, 5.74) is 0. The molecule has 0 amide bonds. The molecule has 2 aliphatic heterocycles. The van der Waals surface area contributed by atoms with Crippen molar-refractivity contribution in [1.82, 2.24) is 0 Å². The zero-order valence-electron chi connectivity index (χ0n) is 12.3. The zero-order valence-corrected chi connectivity index (χ0v) is 12.3. The molecule has 3 aliphatic rings. The maximum atomic E-state index is 10.0. The second-order valence-corrected chi connectivity index (χ2v) is 6.84. The van der Waals surface area contributed by atoms with E-state index >= 15 is 0 Å². The summed E-state index contributed by atoms with van der Waals surface area (Å²) in [5.74, 6) is -1.21. The Kier molecular flexibility index (Phi) is 3.01. The van der Waals surface area contributed by atoms with Gasteiger partial charge in [-0.3, -0.25) is 0 Å². The molecule has 5 heteroatoms. The highest BCUT2D eigenvalue weighted by Gasteiger charge is 2.60. The fraction of sp³-hybridized carbons (Fsp3) is 1.00. The largest absolute Gasteiger partial charge is 0.393 e. The first-order valence-electron chi connectivity index (χ1n) is 7.08. The predicted octanol–water partition coefficient (Wildman–Crippen LogP) is 1.43. The Morgan fingerprint density at radius 3 is 2.05 bits per heavy atom. The summed E-state index contributed by atoms with van der Waals surface area (Å²) in [6.45, 7) is 9.44. The number of hydrogen-bond acceptors (Lipinski definition) is 5. The van der Waals surface area contributed by atoms with Crippen LogP contribution in [-0.4, -0.2) is 47.2 Å². The van der Waals surface area contributed by atoms with Crippen molar-refractivity contribution >= 4 is 0 Å². The third-order valence-corrected chi connectivity index (χ3v) is 4.26. The summed E-state index contributed by atoms with van der Waals surface area (Å²) in [5, 5.41) is 10.0. The van der Waals surface area contributed by atoms with Gasteiger partial charge in [-0.1, -0.05) is 0 Å². The first-order valence-corrected chi connectivity index (χ1v) is 7.08. The Labute approximate surface area is 114 Å². The van der Waals surface area contributed by atoms with Gasteiger partial charge in [0.05, 0.1) is 18.3 Å². The minimum Gasteiger partial charge on any atom is -0.393 e. The molecule has 2 heterocycles. The first kappa shape index (κ1) is 13.8. The van der Waals surface area contributed by atoms with Crippen LogP contribution in [0.15, 0.2) is 0 Å². The van der Waals surface area contributed by atoms with Crippen LogP contribution in [0.25, 0.3) is 0 Å². The van der Waals surface area contributed by atoms with Crippen LogP contribution in [0.2, 0.25) is 0 Å². The molecular weight excluding hydrogens is 248 g/mol. The van der Waals surface area contributed by atoms with Gasteiger partial charge in [-0.2, -0.15) is 0 Å². The van der Waals surface area contributed by atoms with Crippen molar-refractivity contribution in [3.05, 3.63) is 0 Å². The maximum absolute atomic E-state index is 10.0. The van der Waals surface area contributed by atoms with E-state index in [-0.39, 0.29) is 30.3 Å². The number of rotatable bonds is 1. The van der Waals surface area contributed by atoms with E-state index in [1.54, 1.807) is 6.92 Å². The highest BCUT2D eigenvalue weighted by Crippen LogP contribution is 2.47. The molecule has 0 radical (unpaired) electrons. The van der Waals surface area contributed by atoms with E-state index < -0.39 is 17.7 Å². The molecule has 2 saturated heterocycles. The van der Waals surface area contributed by atoms with Crippen LogP contribution in [-0.2, 0) is 18.9 Å². The van der Waals surface area contributed by atoms with Crippen LogP contribution in [0.5, 0.6) is 0 Å². The number of fused-ring (bicyclic) bond motifs is 3. The second kappa shape index (κ2) is 4.15. The smallest absolute Gasteiger partial charge is 0.163 e. The summed E-state index contributed by atoms with van der Waals surface area (Å²) in [6.07, 6.45) is -0.154. The molecule has 110 valence electrons. The highest BCUT2D eigenvalue weighted by atomic mass is 16.8. The monoisotopic (exact) mass is 272 g/mol. The van der Waals surface area contributed by atoms with Gasteiger partial charge in [0.2, 0.25) is 0 Å². The van der Waals surface area contributed by atoms with E-state index in [4.69, 9.17) is 18.9 Å². The molecule has 0 bridgehead atoms. The number of aliphatic hydroxyl groups is 1. The van der Waals surface area contributed by atoms with Crippen molar-refractivity contribution in [3.63, 3.8) is 0 Å². The summed E-state index contributed by atoms with van der Waals surface area (Å²) in [7, 11) is 0. The zero-order chi connectivity index (χ0) is 14.0. The molecule has 0 spiro atoms. The summed E-state index contributed by atoms with van der Waals surface area (Å²) >= 11 is 0. The normalized spacial score (nSPS) is 48.6. The molecule has 0 aromatic carbocycles. The van der Waals surface area contributed by atoms with Crippen molar-refractivity contribution in [2.45, 2.75) is 83.1 Å². The summed E-state index contributed by atoms with van der Waals surface area (Å²) < 4.78 is 23.9. The minimum atomic E-state index is -0.631. The van der Waals surface area contributed by atoms with E-state index in [1.165, 1.54) is 0 Å². The average Bonchev–Trinajstić information content (AvgIpc) is 2.70. The van der Waals surface area contributed by atoms with E-state index in [2.05, 4.69) is 0 Å². The van der Waals surface area contributed by atoms with E-state index in [9.17, 15) is 5.11 Å². The van der Waals surface area contributed by atoms with E-state index in [0.29, 0.717) is 0 Å². The fourth-order valence-corrected chi connectivity index (χ4v) is 3.60. The van der Waals surface area contributed by atoms with Gasteiger partial charge in [0.25, 0.3) is 0 Å². The Bertz CT molecular complexity index is 365. The molecule has 5 nitrogen and oxygen atoms in total. The van der Waals surface area contributed by atoms with Gasteiger partial charge in [-0.25, -0.2) is 0 Å². The Balaban J connectivity index is 1.89. The van der Waals surface area contributed by atoms with Crippen LogP contribution in [0, 0.1) is 5.92 Å². The average molecular weight is 272 g/mol. The van der Waals surface area contributed by atoms with Crippen molar-refractivity contribution in [2.75, 3.05) is 0 Å². The fourth-order valence-electron chi connectivity index (χ4n) is 3.60. The molecule has 1 aliphatic carbocycles. The summed E-state index contributed by atoms with van der Waals surface area (Å²) in [6, 6.07) is 0. The Morgan fingerprint density at radius 2 is 1.42 bits per heavy atom. The minimum absolute atomic E-state index is 0.0190. The van der Waals surface area contributed by atoms with Crippen LogP contribution < -0.4 is 0 Å². The van der Waals surface area contributed by atoms with Gasteiger partial charge in [0.1, 0.15) is 12.2 Å². The predicted molar refractivity (Wildman–Crippen MR) is 67.4 cm³/mol. The quantitative estimate of drug-likeness (QED) is 0.782. The van der Waals surface area contributed by atoms with Gasteiger partial charge < -0.3 is 24.1 Å². The maximum Gasteiger partial charge on any atom is 0.163 e. The van der Waals surface area contributed by atoms with Crippen molar-refractivity contribution in [3.8, 4) is 0 Å². The number of hydrogen-bond donors (Lipinski definition) is 1. The van der Waals surface area contributed by atoms with Gasteiger partial charge in [0, 0.05) is 5.92 Å². The third-order valence-electron chi connectivity index (χ3n) is 4.26. The third kappa shape index (κ3) is 2.32. The molecule has 3 fully saturated rings. The van der Waals surface area contributed by atoms with Crippen LogP contribution in [0.3, 0.4) is 0 Å². The van der Waals surface area contributed by atoms with E-state index in [1.807, 2.05) is 27.7 Å². The Hall–Kier alpha value is -0.200. The second-order valence-electron chi connectivity index (χ2n) is 6.84. The van der Waals surface area contributed by atoms with Crippen LogP contribution >= 0.6 is 0 Å². The number of aliphatic hydroxyl groups excluding tert-OH is 1. The molecule has 1 N–H and O–H groups in total. The molecule has 1 saturated carbocycles. The van der Waals surface area contributed by atoms with Gasteiger partial charge in [-0.05, 0) is 41.0 Å². The topological polar surface area (TPSA) is 57.2 Å². The molecule has 0 aromatic rings. The van der Waals surface area contributed by atoms with Crippen molar-refractivity contribution in [1.29, 1.82) is 0 Å². The Morgan fingerprint density at radius 1 is 0.895 bits per heavy atom. The lowest BCUT2D eigenvalue weighted by Gasteiger charge is -2.38. The van der Waals surface area contributed by atoms with E-state index in [0.717, 1.165) is 6.42 Å². The molecule has 2 unspecified atom stereocenters. The van der Waals surface area contributed by atoms with Gasteiger partial charge in [0.15, 0.2) is 11.6 Å². The van der Waals surface area contributed by atoms with Gasteiger partial charge >= 0.3 is 0 Å². The van der Waals surface area contributed by atoms with Crippen molar-refractivity contribution in [2.24, 2.45) is 5.92 Å². The van der Waals surface area contributed by atoms with Gasteiger partial charge in [-0.15, -0.1) is 0 Å².